The first-order valence-corrected chi connectivity index (χ1v) is 8.99. The van der Waals surface area contributed by atoms with Crippen molar-refractivity contribution in [2.24, 2.45) is 0 Å². The van der Waals surface area contributed by atoms with Gasteiger partial charge in [0, 0.05) is 18.5 Å². The van der Waals surface area contributed by atoms with E-state index in [1.54, 1.807) is 0 Å². The van der Waals surface area contributed by atoms with Crippen molar-refractivity contribution in [1.29, 1.82) is 0 Å². The molecule has 1 aromatic heterocycles. The quantitative estimate of drug-likeness (QED) is 0.842. The van der Waals surface area contributed by atoms with Gasteiger partial charge in [0.15, 0.2) is 0 Å². The molecular weight excluding hydrogens is 321 g/mol. The SMILES string of the molecule is CC(C)(SN1CCC(F)C1)C(=O)Nc1cc(C(C)(C)C)ns1. The molecule has 124 valence electrons. The molecule has 1 N–H and O–H groups in total. The summed E-state index contributed by atoms with van der Waals surface area (Å²) < 4.78 is 18.9. The second kappa shape index (κ2) is 6.45. The smallest absolute Gasteiger partial charge is 0.242 e. The maximum Gasteiger partial charge on any atom is 0.242 e. The average molecular weight is 346 g/mol. The highest BCUT2D eigenvalue weighted by molar-refractivity contribution is 7.99. The van der Waals surface area contributed by atoms with Gasteiger partial charge in [-0.3, -0.25) is 4.79 Å². The summed E-state index contributed by atoms with van der Waals surface area (Å²) in [5.74, 6) is -0.0797. The lowest BCUT2D eigenvalue weighted by Crippen LogP contribution is -2.37. The Morgan fingerprint density at radius 2 is 2.14 bits per heavy atom. The highest BCUT2D eigenvalue weighted by Crippen LogP contribution is 2.34. The summed E-state index contributed by atoms with van der Waals surface area (Å²) >= 11 is 2.72. The van der Waals surface area contributed by atoms with Gasteiger partial charge in [0.05, 0.1) is 5.69 Å². The molecule has 1 atom stereocenters. The molecule has 2 rings (SSSR count). The predicted octanol–water partition coefficient (Wildman–Crippen LogP) is 3.85. The van der Waals surface area contributed by atoms with Crippen molar-refractivity contribution in [2.45, 2.75) is 57.4 Å². The first kappa shape index (κ1) is 17.7. The van der Waals surface area contributed by atoms with Crippen LogP contribution in [0.3, 0.4) is 0 Å². The predicted molar refractivity (Wildman–Crippen MR) is 92.2 cm³/mol. The second-order valence-electron chi connectivity index (χ2n) is 7.16. The number of nitrogens with zero attached hydrogens (tertiary/aromatic N) is 2. The summed E-state index contributed by atoms with van der Waals surface area (Å²) in [4.78, 5) is 12.5. The van der Waals surface area contributed by atoms with E-state index in [-0.39, 0.29) is 11.3 Å². The van der Waals surface area contributed by atoms with Gasteiger partial charge in [0.25, 0.3) is 0 Å². The van der Waals surface area contributed by atoms with Crippen LogP contribution in [-0.4, -0.2) is 38.6 Å². The summed E-state index contributed by atoms with van der Waals surface area (Å²) in [6.45, 7) is 11.1. The minimum Gasteiger partial charge on any atom is -0.315 e. The fraction of sp³-hybridized carbons (Fsp3) is 0.733. The minimum atomic E-state index is -0.776. The number of halogens is 1. The molecule has 1 fully saturated rings. The monoisotopic (exact) mass is 345 g/mol. The zero-order valence-electron chi connectivity index (χ0n) is 13.8. The van der Waals surface area contributed by atoms with Crippen LogP contribution in [0.25, 0.3) is 0 Å². The van der Waals surface area contributed by atoms with Gasteiger partial charge in [0.2, 0.25) is 5.91 Å². The Labute approximate surface area is 140 Å². The van der Waals surface area contributed by atoms with Crippen LogP contribution >= 0.6 is 23.5 Å². The Balaban J connectivity index is 1.97. The molecule has 22 heavy (non-hydrogen) atoms. The first-order valence-electron chi connectivity index (χ1n) is 7.45. The van der Waals surface area contributed by atoms with Gasteiger partial charge < -0.3 is 5.32 Å². The number of carbonyl (C=O) groups excluding carboxylic acids is 1. The molecule has 0 radical (unpaired) electrons. The van der Waals surface area contributed by atoms with Crippen LogP contribution in [0.5, 0.6) is 0 Å². The van der Waals surface area contributed by atoms with Crippen LogP contribution in [0.15, 0.2) is 6.07 Å². The highest BCUT2D eigenvalue weighted by atomic mass is 32.2. The molecule has 0 spiro atoms. The number of carbonyl (C=O) groups is 1. The number of aromatic nitrogens is 1. The van der Waals surface area contributed by atoms with E-state index in [4.69, 9.17) is 0 Å². The lowest BCUT2D eigenvalue weighted by atomic mass is 9.92. The Hall–Kier alpha value is -0.660. The standard InChI is InChI=1S/C15H24FN3OS2/c1-14(2,3)11-8-12(21-18-11)17-13(20)15(4,5)22-19-7-6-10(16)9-19/h8,10H,6-7,9H2,1-5H3,(H,17,20). The van der Waals surface area contributed by atoms with Crippen molar-refractivity contribution in [3.8, 4) is 0 Å². The molecule has 0 saturated carbocycles. The van der Waals surface area contributed by atoms with Crippen LogP contribution in [0.4, 0.5) is 9.39 Å². The van der Waals surface area contributed by atoms with Crippen molar-refractivity contribution in [2.75, 3.05) is 18.4 Å². The summed E-state index contributed by atoms with van der Waals surface area (Å²) in [6.07, 6.45) is -0.226. The Bertz CT molecular complexity index is 539. The molecule has 0 aromatic carbocycles. The van der Waals surface area contributed by atoms with Gasteiger partial charge in [-0.05, 0) is 37.9 Å². The average Bonchev–Trinajstić information content (AvgIpc) is 2.97. The van der Waals surface area contributed by atoms with E-state index in [2.05, 4.69) is 30.5 Å². The maximum absolute atomic E-state index is 13.2. The van der Waals surface area contributed by atoms with Gasteiger partial charge in [-0.15, -0.1) is 0 Å². The molecule has 0 bridgehead atoms. The topological polar surface area (TPSA) is 45.2 Å². The Morgan fingerprint density at radius 1 is 1.45 bits per heavy atom. The molecule has 1 saturated heterocycles. The van der Waals surface area contributed by atoms with Gasteiger partial charge in [-0.2, -0.15) is 4.37 Å². The second-order valence-corrected chi connectivity index (χ2v) is 9.68. The lowest BCUT2D eigenvalue weighted by molar-refractivity contribution is -0.117. The molecule has 1 unspecified atom stereocenters. The molecule has 7 heteroatoms. The summed E-state index contributed by atoms with van der Waals surface area (Å²) in [7, 11) is 0. The molecule has 4 nitrogen and oxygen atoms in total. The van der Waals surface area contributed by atoms with Crippen molar-refractivity contribution in [3.63, 3.8) is 0 Å². The molecule has 0 aliphatic carbocycles. The van der Waals surface area contributed by atoms with Crippen molar-refractivity contribution >= 4 is 34.4 Å². The van der Waals surface area contributed by atoms with Gasteiger partial charge in [0.1, 0.15) is 15.9 Å². The van der Waals surface area contributed by atoms with Crippen LogP contribution in [-0.2, 0) is 10.2 Å². The largest absolute Gasteiger partial charge is 0.315 e. The van der Waals surface area contributed by atoms with Gasteiger partial charge >= 0.3 is 0 Å². The van der Waals surface area contributed by atoms with E-state index in [9.17, 15) is 9.18 Å². The van der Waals surface area contributed by atoms with Crippen molar-refractivity contribution in [3.05, 3.63) is 11.8 Å². The van der Waals surface area contributed by atoms with E-state index in [1.807, 2.05) is 24.2 Å². The van der Waals surface area contributed by atoms with E-state index in [1.165, 1.54) is 23.5 Å². The number of hydrogen-bond acceptors (Lipinski definition) is 5. The minimum absolute atomic E-state index is 0.0323. The molecule has 1 aliphatic rings. The van der Waals surface area contributed by atoms with E-state index >= 15 is 0 Å². The van der Waals surface area contributed by atoms with Crippen LogP contribution in [0.2, 0.25) is 0 Å². The summed E-state index contributed by atoms with van der Waals surface area (Å²) in [6, 6.07) is 1.93. The van der Waals surface area contributed by atoms with E-state index in [0.717, 1.165) is 10.7 Å². The van der Waals surface area contributed by atoms with Gasteiger partial charge in [-0.25, -0.2) is 8.70 Å². The number of anilines is 1. The summed E-state index contributed by atoms with van der Waals surface area (Å²) in [5.41, 5.74) is 0.938. The number of nitrogens with one attached hydrogen (secondary N) is 1. The molecule has 1 aliphatic heterocycles. The molecule has 1 amide bonds. The first-order chi connectivity index (χ1) is 10.1. The van der Waals surface area contributed by atoms with Crippen LogP contribution in [0, 0.1) is 0 Å². The Kier molecular flexibility index (Phi) is 5.19. The number of alkyl halides is 1. The van der Waals surface area contributed by atoms with Crippen LogP contribution < -0.4 is 5.32 Å². The fourth-order valence-electron chi connectivity index (χ4n) is 2.08. The number of hydrogen-bond donors (Lipinski definition) is 1. The van der Waals surface area contributed by atoms with Crippen molar-refractivity contribution < 1.29 is 9.18 Å². The Morgan fingerprint density at radius 3 is 2.64 bits per heavy atom. The number of amides is 1. The normalized spacial score (nSPS) is 20.4. The molecule has 1 aromatic rings. The molecule has 2 heterocycles. The lowest BCUT2D eigenvalue weighted by Gasteiger charge is -2.27. The van der Waals surface area contributed by atoms with E-state index in [0.29, 0.717) is 19.5 Å². The van der Waals surface area contributed by atoms with Crippen LogP contribution in [0.1, 0.15) is 46.7 Å². The number of rotatable bonds is 4. The van der Waals surface area contributed by atoms with E-state index < -0.39 is 10.9 Å². The third-order valence-electron chi connectivity index (χ3n) is 3.51. The highest BCUT2D eigenvalue weighted by Gasteiger charge is 2.35. The zero-order chi connectivity index (χ0) is 16.5. The van der Waals surface area contributed by atoms with Crippen molar-refractivity contribution in [1.82, 2.24) is 8.68 Å². The third kappa shape index (κ3) is 4.43. The molecular formula is C15H24FN3OS2. The summed E-state index contributed by atoms with van der Waals surface area (Å²) in [5, 5.41) is 3.69. The zero-order valence-corrected chi connectivity index (χ0v) is 15.4. The third-order valence-corrected chi connectivity index (χ3v) is 5.45. The van der Waals surface area contributed by atoms with Gasteiger partial charge in [-0.1, -0.05) is 32.7 Å². The maximum atomic E-state index is 13.2. The fourth-order valence-corrected chi connectivity index (χ4v) is 4.12.